The van der Waals surface area contributed by atoms with E-state index in [4.69, 9.17) is 0 Å². The fourth-order valence-corrected chi connectivity index (χ4v) is 2.28. The summed E-state index contributed by atoms with van der Waals surface area (Å²) in [7, 11) is 0. The number of nitrogens with one attached hydrogen (secondary N) is 1. The number of rotatable bonds is 4. The summed E-state index contributed by atoms with van der Waals surface area (Å²) in [6.07, 6.45) is 3.24. The highest BCUT2D eigenvalue weighted by molar-refractivity contribution is 5.92. The number of hydrogen-bond donors (Lipinski definition) is 1. The van der Waals surface area contributed by atoms with Crippen molar-refractivity contribution in [3.8, 4) is 0 Å². The maximum Gasteiger partial charge on any atom is 0.272 e. The van der Waals surface area contributed by atoms with Crippen LogP contribution in [-0.4, -0.2) is 35.4 Å². The fraction of sp³-hybridized carbons (Fsp3) is 0.600. The van der Waals surface area contributed by atoms with Crippen LogP contribution in [0.5, 0.6) is 0 Å². The van der Waals surface area contributed by atoms with E-state index in [0.29, 0.717) is 5.69 Å². The van der Waals surface area contributed by atoms with Crippen molar-refractivity contribution in [2.45, 2.75) is 33.1 Å². The van der Waals surface area contributed by atoms with Gasteiger partial charge in [-0.2, -0.15) is 0 Å². The van der Waals surface area contributed by atoms with Gasteiger partial charge in [0.2, 0.25) is 0 Å². The van der Waals surface area contributed by atoms with Crippen LogP contribution in [-0.2, 0) is 0 Å². The SMILES string of the molecule is CCCNc1cccc(C(=O)N2CCC(C)CC2)n1. The van der Waals surface area contributed by atoms with Gasteiger partial charge in [-0.05, 0) is 37.3 Å². The highest BCUT2D eigenvalue weighted by Gasteiger charge is 2.22. The molecular weight excluding hydrogens is 238 g/mol. The Hall–Kier alpha value is -1.58. The minimum Gasteiger partial charge on any atom is -0.370 e. The number of amides is 1. The van der Waals surface area contributed by atoms with Crippen molar-refractivity contribution < 1.29 is 4.79 Å². The first-order valence-corrected chi connectivity index (χ1v) is 7.21. The van der Waals surface area contributed by atoms with Gasteiger partial charge in [0, 0.05) is 19.6 Å². The van der Waals surface area contributed by atoms with Crippen LogP contribution in [0.1, 0.15) is 43.6 Å². The van der Waals surface area contributed by atoms with Crippen molar-refractivity contribution in [3.63, 3.8) is 0 Å². The molecule has 1 aromatic heterocycles. The largest absolute Gasteiger partial charge is 0.370 e. The molecule has 1 N–H and O–H groups in total. The predicted molar refractivity (Wildman–Crippen MR) is 77.3 cm³/mol. The highest BCUT2D eigenvalue weighted by Crippen LogP contribution is 2.18. The van der Waals surface area contributed by atoms with Crippen LogP contribution in [0.4, 0.5) is 5.82 Å². The molecule has 0 saturated carbocycles. The van der Waals surface area contributed by atoms with Crippen molar-refractivity contribution in [2.75, 3.05) is 25.0 Å². The van der Waals surface area contributed by atoms with Gasteiger partial charge >= 0.3 is 0 Å². The second-order valence-corrected chi connectivity index (χ2v) is 5.31. The van der Waals surface area contributed by atoms with E-state index in [1.54, 1.807) is 6.07 Å². The molecule has 0 bridgehead atoms. The first kappa shape index (κ1) is 13.8. The summed E-state index contributed by atoms with van der Waals surface area (Å²) < 4.78 is 0. The molecule has 1 aromatic rings. The summed E-state index contributed by atoms with van der Waals surface area (Å²) in [4.78, 5) is 18.7. The predicted octanol–water partition coefficient (Wildman–Crippen LogP) is 2.78. The molecule has 1 saturated heterocycles. The van der Waals surface area contributed by atoms with Gasteiger partial charge in [-0.25, -0.2) is 4.98 Å². The van der Waals surface area contributed by atoms with Gasteiger partial charge in [0.15, 0.2) is 0 Å². The Bertz CT molecular complexity index is 425. The number of nitrogens with zero attached hydrogens (tertiary/aromatic N) is 2. The third-order valence-corrected chi connectivity index (χ3v) is 3.60. The van der Waals surface area contributed by atoms with E-state index in [1.165, 1.54) is 0 Å². The number of carbonyl (C=O) groups excluding carboxylic acids is 1. The molecular formula is C15H23N3O. The van der Waals surface area contributed by atoms with Gasteiger partial charge < -0.3 is 10.2 Å². The smallest absolute Gasteiger partial charge is 0.272 e. The number of likely N-dealkylation sites (tertiary alicyclic amines) is 1. The van der Waals surface area contributed by atoms with Crippen LogP contribution in [0.3, 0.4) is 0 Å². The van der Waals surface area contributed by atoms with Crippen molar-refractivity contribution in [1.29, 1.82) is 0 Å². The molecule has 4 nitrogen and oxygen atoms in total. The number of carbonyl (C=O) groups is 1. The summed E-state index contributed by atoms with van der Waals surface area (Å²) in [5, 5.41) is 3.22. The second-order valence-electron chi connectivity index (χ2n) is 5.31. The van der Waals surface area contributed by atoms with Gasteiger partial charge in [-0.3, -0.25) is 4.79 Å². The summed E-state index contributed by atoms with van der Waals surface area (Å²) in [5.74, 6) is 1.58. The fourth-order valence-electron chi connectivity index (χ4n) is 2.28. The van der Waals surface area contributed by atoms with E-state index < -0.39 is 0 Å². The topological polar surface area (TPSA) is 45.2 Å². The van der Waals surface area contributed by atoms with Crippen LogP contribution in [0.2, 0.25) is 0 Å². The Kier molecular flexibility index (Phi) is 4.77. The van der Waals surface area contributed by atoms with Crippen LogP contribution < -0.4 is 5.32 Å². The second kappa shape index (κ2) is 6.55. The number of anilines is 1. The monoisotopic (exact) mass is 261 g/mol. The van der Waals surface area contributed by atoms with Crippen LogP contribution >= 0.6 is 0 Å². The van der Waals surface area contributed by atoms with Crippen molar-refractivity contribution >= 4 is 11.7 Å². The normalized spacial score (nSPS) is 16.4. The van der Waals surface area contributed by atoms with Crippen molar-refractivity contribution in [1.82, 2.24) is 9.88 Å². The lowest BCUT2D eigenvalue weighted by atomic mass is 9.99. The summed E-state index contributed by atoms with van der Waals surface area (Å²) >= 11 is 0. The zero-order valence-corrected chi connectivity index (χ0v) is 11.9. The van der Waals surface area contributed by atoms with Crippen LogP contribution in [0.25, 0.3) is 0 Å². The van der Waals surface area contributed by atoms with Gasteiger partial charge in [0.1, 0.15) is 11.5 Å². The quantitative estimate of drug-likeness (QED) is 0.906. The van der Waals surface area contributed by atoms with E-state index in [0.717, 1.165) is 50.6 Å². The molecule has 2 heterocycles. The molecule has 1 aliphatic rings. The average Bonchev–Trinajstić information content (AvgIpc) is 2.45. The molecule has 0 atom stereocenters. The molecule has 0 spiro atoms. The number of piperidine rings is 1. The summed E-state index contributed by atoms with van der Waals surface area (Å²) in [6.45, 7) is 6.95. The number of pyridine rings is 1. The Morgan fingerprint density at radius 3 is 2.84 bits per heavy atom. The lowest BCUT2D eigenvalue weighted by Gasteiger charge is -2.30. The molecule has 19 heavy (non-hydrogen) atoms. The minimum atomic E-state index is 0.0621. The Morgan fingerprint density at radius 2 is 2.16 bits per heavy atom. The third-order valence-electron chi connectivity index (χ3n) is 3.60. The standard InChI is InChI=1S/C15H23N3O/c1-3-9-16-14-6-4-5-13(17-14)15(19)18-10-7-12(2)8-11-18/h4-6,12H,3,7-11H2,1-2H3,(H,16,17). The Labute approximate surface area is 115 Å². The molecule has 4 heteroatoms. The zero-order chi connectivity index (χ0) is 13.7. The minimum absolute atomic E-state index is 0.0621. The van der Waals surface area contributed by atoms with Gasteiger partial charge in [-0.15, -0.1) is 0 Å². The van der Waals surface area contributed by atoms with E-state index >= 15 is 0 Å². The molecule has 0 aliphatic carbocycles. The molecule has 1 amide bonds. The Morgan fingerprint density at radius 1 is 1.42 bits per heavy atom. The Balaban J connectivity index is 2.02. The maximum absolute atomic E-state index is 12.4. The average molecular weight is 261 g/mol. The zero-order valence-electron chi connectivity index (χ0n) is 11.9. The van der Waals surface area contributed by atoms with E-state index in [1.807, 2.05) is 17.0 Å². The summed E-state index contributed by atoms with van der Waals surface area (Å²) in [5.41, 5.74) is 0.552. The highest BCUT2D eigenvalue weighted by atomic mass is 16.2. The van der Waals surface area contributed by atoms with Gasteiger partial charge in [0.25, 0.3) is 5.91 Å². The van der Waals surface area contributed by atoms with E-state index in [-0.39, 0.29) is 5.91 Å². The third kappa shape index (κ3) is 3.69. The van der Waals surface area contributed by atoms with Crippen LogP contribution in [0.15, 0.2) is 18.2 Å². The van der Waals surface area contributed by atoms with Crippen molar-refractivity contribution in [2.24, 2.45) is 5.92 Å². The lowest BCUT2D eigenvalue weighted by Crippen LogP contribution is -2.38. The molecule has 1 aliphatic heterocycles. The molecule has 0 aromatic carbocycles. The number of aromatic nitrogens is 1. The number of hydrogen-bond acceptors (Lipinski definition) is 3. The van der Waals surface area contributed by atoms with E-state index in [2.05, 4.69) is 24.1 Å². The van der Waals surface area contributed by atoms with Crippen LogP contribution in [0, 0.1) is 5.92 Å². The molecule has 0 radical (unpaired) electrons. The van der Waals surface area contributed by atoms with Crippen molar-refractivity contribution in [3.05, 3.63) is 23.9 Å². The lowest BCUT2D eigenvalue weighted by molar-refractivity contribution is 0.0691. The maximum atomic E-state index is 12.4. The molecule has 104 valence electrons. The molecule has 1 fully saturated rings. The molecule has 0 unspecified atom stereocenters. The molecule has 2 rings (SSSR count). The van der Waals surface area contributed by atoms with Gasteiger partial charge in [-0.1, -0.05) is 19.9 Å². The first-order valence-electron chi connectivity index (χ1n) is 7.21. The van der Waals surface area contributed by atoms with Gasteiger partial charge in [0.05, 0.1) is 0 Å². The summed E-state index contributed by atoms with van der Waals surface area (Å²) in [6, 6.07) is 5.60. The van der Waals surface area contributed by atoms with E-state index in [9.17, 15) is 4.79 Å². The first-order chi connectivity index (χ1) is 9.20.